The Morgan fingerprint density at radius 1 is 1.50 bits per heavy atom. The molecule has 1 heterocycles. The normalized spacial score (nSPS) is 10.4. The molecule has 16 heavy (non-hydrogen) atoms. The highest BCUT2D eigenvalue weighted by Crippen LogP contribution is 2.29. The van der Waals surface area contributed by atoms with E-state index < -0.39 is 0 Å². The molecule has 0 bridgehead atoms. The van der Waals surface area contributed by atoms with Gasteiger partial charge in [0.05, 0.1) is 13.7 Å². The minimum Gasteiger partial charge on any atom is -0.504 e. The molecule has 0 aliphatic carbocycles. The average molecular weight is 221 g/mol. The summed E-state index contributed by atoms with van der Waals surface area (Å²) in [6, 6.07) is 4.86. The largest absolute Gasteiger partial charge is 0.504 e. The molecular formula is C10H11N3O3. The third kappa shape index (κ3) is 1.82. The van der Waals surface area contributed by atoms with Gasteiger partial charge in [-0.2, -0.15) is 4.98 Å². The van der Waals surface area contributed by atoms with Crippen LogP contribution >= 0.6 is 0 Å². The topological polar surface area (TPSA) is 94.4 Å². The van der Waals surface area contributed by atoms with Gasteiger partial charge in [-0.1, -0.05) is 5.16 Å². The van der Waals surface area contributed by atoms with Crippen molar-refractivity contribution in [3.8, 4) is 22.9 Å². The predicted octanol–water partition coefficient (Wildman–Crippen LogP) is 0.909. The van der Waals surface area contributed by atoms with Crippen molar-refractivity contribution >= 4 is 0 Å². The molecule has 2 aromatic rings. The molecule has 0 aliphatic rings. The predicted molar refractivity (Wildman–Crippen MR) is 55.8 cm³/mol. The Labute approximate surface area is 91.7 Å². The van der Waals surface area contributed by atoms with E-state index in [1.54, 1.807) is 12.1 Å². The first-order valence-electron chi connectivity index (χ1n) is 4.64. The third-order valence-electron chi connectivity index (χ3n) is 2.08. The third-order valence-corrected chi connectivity index (χ3v) is 2.08. The van der Waals surface area contributed by atoms with Crippen LogP contribution < -0.4 is 10.5 Å². The maximum atomic E-state index is 9.58. The van der Waals surface area contributed by atoms with E-state index >= 15 is 0 Å². The zero-order valence-corrected chi connectivity index (χ0v) is 8.67. The number of nitrogens with two attached hydrogens (primary N) is 1. The molecular weight excluding hydrogens is 210 g/mol. The number of hydrogen-bond donors (Lipinski definition) is 2. The van der Waals surface area contributed by atoms with Gasteiger partial charge in [0.1, 0.15) is 0 Å². The van der Waals surface area contributed by atoms with Gasteiger partial charge in [-0.05, 0) is 18.2 Å². The van der Waals surface area contributed by atoms with Crippen molar-refractivity contribution in [2.45, 2.75) is 6.54 Å². The van der Waals surface area contributed by atoms with E-state index in [4.69, 9.17) is 15.0 Å². The van der Waals surface area contributed by atoms with E-state index in [2.05, 4.69) is 10.1 Å². The number of benzene rings is 1. The van der Waals surface area contributed by atoms with Crippen LogP contribution in [0.15, 0.2) is 22.7 Å². The number of phenolic OH excluding ortho intramolecular Hbond substituents is 1. The number of aromatic hydroxyl groups is 1. The molecule has 1 aromatic heterocycles. The van der Waals surface area contributed by atoms with Crippen molar-refractivity contribution in [1.82, 2.24) is 10.1 Å². The first-order chi connectivity index (χ1) is 7.74. The van der Waals surface area contributed by atoms with E-state index in [1.807, 2.05) is 0 Å². The van der Waals surface area contributed by atoms with Gasteiger partial charge in [0.15, 0.2) is 11.5 Å². The molecule has 0 radical (unpaired) electrons. The fourth-order valence-corrected chi connectivity index (χ4v) is 1.28. The molecule has 1 aromatic carbocycles. The summed E-state index contributed by atoms with van der Waals surface area (Å²) in [6.07, 6.45) is 0. The van der Waals surface area contributed by atoms with Crippen LogP contribution in [0.3, 0.4) is 0 Å². The van der Waals surface area contributed by atoms with Crippen molar-refractivity contribution in [2.75, 3.05) is 7.11 Å². The smallest absolute Gasteiger partial charge is 0.240 e. The molecule has 0 amide bonds. The molecule has 0 saturated carbocycles. The van der Waals surface area contributed by atoms with E-state index in [1.165, 1.54) is 13.2 Å². The standard InChI is InChI=1S/C10H11N3O3/c1-15-8-3-2-6(4-7(8)14)10-12-9(5-11)16-13-10/h2-4,14H,5,11H2,1H3. The first-order valence-corrected chi connectivity index (χ1v) is 4.64. The summed E-state index contributed by atoms with van der Waals surface area (Å²) < 4.78 is 9.79. The van der Waals surface area contributed by atoms with Crippen molar-refractivity contribution in [2.24, 2.45) is 5.73 Å². The summed E-state index contributed by atoms with van der Waals surface area (Å²) in [5.41, 5.74) is 5.99. The number of rotatable bonds is 3. The molecule has 0 atom stereocenters. The second kappa shape index (κ2) is 4.19. The van der Waals surface area contributed by atoms with Gasteiger partial charge >= 0.3 is 0 Å². The molecule has 0 unspecified atom stereocenters. The summed E-state index contributed by atoms with van der Waals surface area (Å²) in [5.74, 6) is 1.16. The van der Waals surface area contributed by atoms with Gasteiger partial charge in [0, 0.05) is 5.56 Å². The highest BCUT2D eigenvalue weighted by atomic mass is 16.5. The fraction of sp³-hybridized carbons (Fsp3) is 0.200. The van der Waals surface area contributed by atoms with Gasteiger partial charge in [0.25, 0.3) is 0 Å². The lowest BCUT2D eigenvalue weighted by Crippen LogP contribution is -1.95. The SMILES string of the molecule is COc1ccc(-c2noc(CN)n2)cc1O. The number of hydrogen-bond acceptors (Lipinski definition) is 6. The van der Waals surface area contributed by atoms with Crippen LogP contribution in [0.2, 0.25) is 0 Å². The molecule has 2 rings (SSSR count). The molecule has 0 spiro atoms. The second-order valence-corrected chi connectivity index (χ2v) is 3.10. The Hall–Kier alpha value is -2.08. The van der Waals surface area contributed by atoms with Crippen LogP contribution in [0.25, 0.3) is 11.4 Å². The van der Waals surface area contributed by atoms with E-state index in [0.29, 0.717) is 23.0 Å². The molecule has 0 aliphatic heterocycles. The number of aromatic nitrogens is 2. The van der Waals surface area contributed by atoms with Gasteiger partial charge in [-0.3, -0.25) is 0 Å². The number of methoxy groups -OCH3 is 1. The highest BCUT2D eigenvalue weighted by molar-refractivity contribution is 5.60. The average Bonchev–Trinajstić information content (AvgIpc) is 2.77. The maximum absolute atomic E-state index is 9.58. The lowest BCUT2D eigenvalue weighted by molar-refractivity contribution is 0.373. The highest BCUT2D eigenvalue weighted by Gasteiger charge is 2.10. The number of phenols is 1. The Morgan fingerprint density at radius 3 is 2.88 bits per heavy atom. The van der Waals surface area contributed by atoms with Gasteiger partial charge in [0.2, 0.25) is 11.7 Å². The van der Waals surface area contributed by atoms with Crippen LogP contribution in [-0.2, 0) is 6.54 Å². The Bertz CT molecular complexity index is 496. The maximum Gasteiger partial charge on any atom is 0.240 e. The molecule has 84 valence electrons. The monoisotopic (exact) mass is 221 g/mol. The van der Waals surface area contributed by atoms with Crippen LogP contribution in [-0.4, -0.2) is 22.4 Å². The Kier molecular flexibility index (Phi) is 2.74. The summed E-state index contributed by atoms with van der Waals surface area (Å²) in [7, 11) is 1.48. The summed E-state index contributed by atoms with van der Waals surface area (Å²) in [6.45, 7) is 0.190. The van der Waals surface area contributed by atoms with Crippen molar-refractivity contribution in [3.05, 3.63) is 24.1 Å². The van der Waals surface area contributed by atoms with Crippen molar-refractivity contribution < 1.29 is 14.4 Å². The van der Waals surface area contributed by atoms with E-state index in [-0.39, 0.29) is 12.3 Å². The van der Waals surface area contributed by atoms with Crippen LogP contribution in [0.5, 0.6) is 11.5 Å². The van der Waals surface area contributed by atoms with E-state index in [0.717, 1.165) is 0 Å². The van der Waals surface area contributed by atoms with Crippen molar-refractivity contribution in [3.63, 3.8) is 0 Å². The Balaban J connectivity index is 2.37. The lowest BCUT2D eigenvalue weighted by Gasteiger charge is -2.03. The quantitative estimate of drug-likeness (QED) is 0.799. The number of ether oxygens (including phenoxy) is 1. The van der Waals surface area contributed by atoms with Crippen LogP contribution in [0.1, 0.15) is 5.89 Å². The second-order valence-electron chi connectivity index (χ2n) is 3.10. The van der Waals surface area contributed by atoms with Gasteiger partial charge in [-0.25, -0.2) is 0 Å². The molecule has 6 heteroatoms. The zero-order chi connectivity index (χ0) is 11.5. The molecule has 0 fully saturated rings. The lowest BCUT2D eigenvalue weighted by atomic mass is 10.2. The summed E-state index contributed by atoms with van der Waals surface area (Å²) >= 11 is 0. The van der Waals surface area contributed by atoms with Gasteiger partial charge < -0.3 is 20.1 Å². The summed E-state index contributed by atoms with van der Waals surface area (Å²) in [4.78, 5) is 4.04. The number of nitrogens with zero attached hydrogens (tertiary/aromatic N) is 2. The summed E-state index contributed by atoms with van der Waals surface area (Å²) in [5, 5.41) is 13.3. The zero-order valence-electron chi connectivity index (χ0n) is 8.67. The molecule has 3 N–H and O–H groups in total. The van der Waals surface area contributed by atoms with Crippen LogP contribution in [0, 0.1) is 0 Å². The minimum atomic E-state index is 0.0269. The molecule has 0 saturated heterocycles. The van der Waals surface area contributed by atoms with Crippen LogP contribution in [0.4, 0.5) is 0 Å². The minimum absolute atomic E-state index is 0.0269. The fourth-order valence-electron chi connectivity index (χ4n) is 1.28. The van der Waals surface area contributed by atoms with Gasteiger partial charge in [-0.15, -0.1) is 0 Å². The first kappa shape index (κ1) is 10.4. The van der Waals surface area contributed by atoms with E-state index in [9.17, 15) is 5.11 Å². The van der Waals surface area contributed by atoms with Crippen molar-refractivity contribution in [1.29, 1.82) is 0 Å². The molecule has 6 nitrogen and oxygen atoms in total. The Morgan fingerprint density at radius 2 is 2.31 bits per heavy atom.